The average Bonchev–Trinajstić information content (AvgIpc) is 3.57. The zero-order valence-corrected chi connectivity index (χ0v) is 23.6. The number of carbonyl (C=O) groups excluding carboxylic acids is 3. The third-order valence-electron chi connectivity index (χ3n) is 7.84. The third-order valence-corrected chi connectivity index (χ3v) is 7.84. The lowest BCUT2D eigenvalue weighted by Crippen LogP contribution is -2.44. The Morgan fingerprint density at radius 3 is 2.40 bits per heavy atom. The van der Waals surface area contributed by atoms with E-state index in [0.29, 0.717) is 28.2 Å². The molecule has 2 aliphatic heterocycles. The molecule has 1 atom stereocenters. The standard InChI is InChI=1S/C33H32N6O3/c1-37-15-17-39(18-16-37)26-11-9-24(10-12-26)34-21-28-27-13-8-23(20-29(27)36-32(28)41)31(40)22-5-3-6-25(19-22)35-33(42)30-7-4-14-38(30)2/h3-14,19-21,28H,15-18H2,1-2H3,(H,35,42)(H,36,41). The van der Waals surface area contributed by atoms with Crippen LogP contribution in [0.25, 0.3) is 0 Å². The second kappa shape index (κ2) is 11.5. The molecule has 1 unspecified atom stereocenters. The van der Waals surface area contributed by atoms with Crippen molar-refractivity contribution < 1.29 is 14.4 Å². The monoisotopic (exact) mass is 560 g/mol. The topological polar surface area (TPSA) is 99.0 Å². The summed E-state index contributed by atoms with van der Waals surface area (Å²) in [5.74, 6) is -1.19. The number of fused-ring (bicyclic) bond motifs is 1. The highest BCUT2D eigenvalue weighted by molar-refractivity contribution is 6.15. The number of aliphatic imine (C=N–C) groups is 1. The SMILES string of the molecule is CN1CCN(c2ccc(N=CC3C(=O)Nc4cc(C(=O)c5cccc(NC(=O)c6cccn6C)c5)ccc43)cc2)CC1. The summed E-state index contributed by atoms with van der Waals surface area (Å²) in [5, 5.41) is 5.74. The van der Waals surface area contributed by atoms with Crippen LogP contribution in [0.4, 0.5) is 22.7 Å². The molecule has 3 heterocycles. The van der Waals surface area contributed by atoms with Gasteiger partial charge in [0.1, 0.15) is 11.6 Å². The molecular weight excluding hydrogens is 528 g/mol. The van der Waals surface area contributed by atoms with Crippen molar-refractivity contribution >= 4 is 46.6 Å². The van der Waals surface area contributed by atoms with Crippen LogP contribution >= 0.6 is 0 Å². The van der Waals surface area contributed by atoms with E-state index in [1.165, 1.54) is 5.69 Å². The molecule has 6 rings (SSSR count). The molecule has 9 nitrogen and oxygen atoms in total. The van der Waals surface area contributed by atoms with Gasteiger partial charge in [-0.05, 0) is 67.2 Å². The summed E-state index contributed by atoms with van der Waals surface area (Å²) in [6.45, 7) is 4.09. The Kier molecular flexibility index (Phi) is 7.41. The van der Waals surface area contributed by atoms with Crippen molar-refractivity contribution in [2.24, 2.45) is 12.0 Å². The van der Waals surface area contributed by atoms with Crippen molar-refractivity contribution in [3.63, 3.8) is 0 Å². The van der Waals surface area contributed by atoms with Gasteiger partial charge >= 0.3 is 0 Å². The predicted molar refractivity (Wildman–Crippen MR) is 165 cm³/mol. The smallest absolute Gasteiger partial charge is 0.272 e. The molecule has 0 aliphatic carbocycles. The minimum Gasteiger partial charge on any atom is -0.369 e. The normalized spacial score (nSPS) is 16.9. The van der Waals surface area contributed by atoms with Gasteiger partial charge < -0.3 is 25.0 Å². The first-order valence-electron chi connectivity index (χ1n) is 14.0. The number of carbonyl (C=O) groups is 3. The molecule has 0 saturated carbocycles. The zero-order valence-electron chi connectivity index (χ0n) is 23.6. The molecule has 9 heteroatoms. The van der Waals surface area contributed by atoms with Crippen molar-refractivity contribution in [2.75, 3.05) is 48.8 Å². The Morgan fingerprint density at radius 2 is 1.67 bits per heavy atom. The molecular formula is C33H32N6O3. The maximum absolute atomic E-state index is 13.3. The van der Waals surface area contributed by atoms with Gasteiger partial charge in [0.25, 0.3) is 5.91 Å². The highest BCUT2D eigenvalue weighted by Crippen LogP contribution is 2.33. The van der Waals surface area contributed by atoms with Crippen molar-refractivity contribution in [3.05, 3.63) is 107 Å². The van der Waals surface area contributed by atoms with Crippen LogP contribution < -0.4 is 15.5 Å². The second-order valence-corrected chi connectivity index (χ2v) is 10.7. The molecule has 0 radical (unpaired) electrons. The van der Waals surface area contributed by atoms with E-state index in [2.05, 4.69) is 44.6 Å². The number of rotatable bonds is 7. The number of piperazine rings is 1. The molecule has 0 bridgehead atoms. The number of amides is 2. The molecule has 3 aromatic carbocycles. The number of likely N-dealkylation sites (N-methyl/N-ethyl adjacent to an activating group) is 1. The highest BCUT2D eigenvalue weighted by Gasteiger charge is 2.30. The fourth-order valence-corrected chi connectivity index (χ4v) is 5.35. The van der Waals surface area contributed by atoms with Crippen LogP contribution in [0.2, 0.25) is 0 Å². The van der Waals surface area contributed by atoms with Crippen LogP contribution in [-0.2, 0) is 11.8 Å². The molecule has 0 spiro atoms. The van der Waals surface area contributed by atoms with Gasteiger partial charge in [-0.15, -0.1) is 0 Å². The molecule has 1 aromatic heterocycles. The van der Waals surface area contributed by atoms with Crippen molar-refractivity contribution in [1.29, 1.82) is 0 Å². The fraction of sp³-hybridized carbons (Fsp3) is 0.212. The number of hydrogen-bond acceptors (Lipinski definition) is 6. The van der Waals surface area contributed by atoms with Crippen LogP contribution in [0.15, 0.2) is 90.1 Å². The summed E-state index contributed by atoms with van der Waals surface area (Å²) in [7, 11) is 3.93. The number of nitrogens with zero attached hydrogens (tertiary/aromatic N) is 4. The van der Waals surface area contributed by atoms with Crippen molar-refractivity contribution in [1.82, 2.24) is 9.47 Å². The Morgan fingerprint density at radius 1 is 0.905 bits per heavy atom. The lowest BCUT2D eigenvalue weighted by molar-refractivity contribution is -0.115. The Balaban J connectivity index is 1.14. The lowest BCUT2D eigenvalue weighted by Gasteiger charge is -2.34. The fourth-order valence-electron chi connectivity index (χ4n) is 5.35. The molecule has 1 fully saturated rings. The Labute approximate surface area is 244 Å². The first-order chi connectivity index (χ1) is 20.4. The van der Waals surface area contributed by atoms with Crippen LogP contribution in [0.5, 0.6) is 0 Å². The second-order valence-electron chi connectivity index (χ2n) is 10.7. The quantitative estimate of drug-likeness (QED) is 0.252. The number of hydrogen-bond donors (Lipinski definition) is 2. The van der Waals surface area contributed by atoms with E-state index in [-0.39, 0.29) is 17.6 Å². The molecule has 2 N–H and O–H groups in total. The number of anilines is 3. The summed E-state index contributed by atoms with van der Waals surface area (Å²) >= 11 is 0. The van der Waals surface area contributed by atoms with E-state index in [0.717, 1.165) is 37.4 Å². The molecule has 2 aliphatic rings. The molecule has 1 saturated heterocycles. The first kappa shape index (κ1) is 27.2. The zero-order chi connectivity index (χ0) is 29.2. The minimum atomic E-state index is -0.544. The van der Waals surface area contributed by atoms with E-state index in [9.17, 15) is 14.4 Å². The summed E-state index contributed by atoms with van der Waals surface area (Å²) in [6.07, 6.45) is 3.46. The van der Waals surface area contributed by atoms with E-state index in [1.54, 1.807) is 78.6 Å². The molecule has 212 valence electrons. The third kappa shape index (κ3) is 5.59. The Hall–Kier alpha value is -5.02. The van der Waals surface area contributed by atoms with Crippen molar-refractivity contribution in [3.8, 4) is 0 Å². The lowest BCUT2D eigenvalue weighted by atomic mass is 9.97. The Bertz CT molecular complexity index is 1680. The van der Waals surface area contributed by atoms with E-state index < -0.39 is 5.92 Å². The van der Waals surface area contributed by atoms with Crippen LogP contribution in [-0.4, -0.2) is 66.5 Å². The van der Waals surface area contributed by atoms with Gasteiger partial charge in [0.15, 0.2) is 5.78 Å². The predicted octanol–water partition coefficient (Wildman–Crippen LogP) is 4.70. The average molecular weight is 561 g/mol. The van der Waals surface area contributed by atoms with E-state index >= 15 is 0 Å². The summed E-state index contributed by atoms with van der Waals surface area (Å²) in [5.41, 5.74) is 5.24. The summed E-state index contributed by atoms with van der Waals surface area (Å²) in [6, 6.07) is 23.7. The summed E-state index contributed by atoms with van der Waals surface area (Å²) in [4.78, 5) is 48.0. The van der Waals surface area contributed by atoms with Gasteiger partial charge in [-0.3, -0.25) is 19.4 Å². The summed E-state index contributed by atoms with van der Waals surface area (Å²) < 4.78 is 1.73. The number of aromatic nitrogens is 1. The van der Waals surface area contributed by atoms with E-state index in [1.807, 2.05) is 12.1 Å². The number of nitrogens with one attached hydrogen (secondary N) is 2. The van der Waals surface area contributed by atoms with E-state index in [4.69, 9.17) is 0 Å². The highest BCUT2D eigenvalue weighted by atomic mass is 16.2. The first-order valence-corrected chi connectivity index (χ1v) is 14.0. The number of benzene rings is 3. The van der Waals surface area contributed by atoms with Gasteiger partial charge in [0.2, 0.25) is 5.91 Å². The number of ketones is 1. The molecule has 2 amide bonds. The van der Waals surface area contributed by atoms with Crippen LogP contribution in [0.1, 0.15) is 37.9 Å². The van der Waals surface area contributed by atoms with Gasteiger partial charge in [0, 0.05) is 73.8 Å². The van der Waals surface area contributed by atoms with Crippen molar-refractivity contribution in [2.45, 2.75) is 5.92 Å². The molecule has 4 aromatic rings. The van der Waals surface area contributed by atoms with Crippen LogP contribution in [0, 0.1) is 0 Å². The van der Waals surface area contributed by atoms with Gasteiger partial charge in [-0.2, -0.15) is 0 Å². The van der Waals surface area contributed by atoms with Gasteiger partial charge in [0.05, 0.1) is 5.69 Å². The molecule has 42 heavy (non-hydrogen) atoms. The minimum absolute atomic E-state index is 0.183. The maximum atomic E-state index is 13.3. The maximum Gasteiger partial charge on any atom is 0.272 e. The van der Waals surface area contributed by atoms with Crippen LogP contribution in [0.3, 0.4) is 0 Å². The number of aryl methyl sites for hydroxylation is 1. The largest absolute Gasteiger partial charge is 0.369 e. The van der Waals surface area contributed by atoms with Gasteiger partial charge in [-0.1, -0.05) is 24.3 Å². The van der Waals surface area contributed by atoms with Gasteiger partial charge in [-0.25, -0.2) is 0 Å².